The van der Waals surface area contributed by atoms with Gasteiger partial charge >= 0.3 is 5.97 Å². The van der Waals surface area contributed by atoms with Gasteiger partial charge < -0.3 is 10.1 Å². The van der Waals surface area contributed by atoms with E-state index in [4.69, 9.17) is 0 Å². The number of rotatable bonds is 2. The van der Waals surface area contributed by atoms with Crippen LogP contribution in [0.5, 0.6) is 0 Å². The summed E-state index contributed by atoms with van der Waals surface area (Å²) in [6.45, 7) is 1.95. The number of aromatic nitrogens is 1. The third-order valence-electron chi connectivity index (χ3n) is 2.43. The second-order valence-corrected chi connectivity index (χ2v) is 3.32. The van der Waals surface area contributed by atoms with Crippen molar-refractivity contribution in [1.29, 1.82) is 0 Å². The number of nitrogens with zero attached hydrogens (tertiary/aromatic N) is 1. The van der Waals surface area contributed by atoms with Crippen LogP contribution in [0.25, 0.3) is 0 Å². The number of pyridine rings is 1. The minimum atomic E-state index is -0.376. The first-order valence-corrected chi connectivity index (χ1v) is 4.56. The van der Waals surface area contributed by atoms with Crippen LogP contribution in [0.2, 0.25) is 0 Å². The highest BCUT2D eigenvalue weighted by Crippen LogP contribution is 2.19. The van der Waals surface area contributed by atoms with Gasteiger partial charge in [-0.1, -0.05) is 0 Å². The Balaban J connectivity index is 2.21. The van der Waals surface area contributed by atoms with Gasteiger partial charge in [-0.15, -0.1) is 0 Å². The highest BCUT2D eigenvalue weighted by Gasteiger charge is 2.20. The van der Waals surface area contributed by atoms with Gasteiger partial charge in [-0.25, -0.2) is 9.78 Å². The van der Waals surface area contributed by atoms with Gasteiger partial charge in [0.05, 0.1) is 7.11 Å². The van der Waals surface area contributed by atoms with E-state index in [1.807, 2.05) is 6.07 Å². The summed E-state index contributed by atoms with van der Waals surface area (Å²) in [5, 5.41) is 3.19. The molecule has 1 N–H and O–H groups in total. The number of nitrogens with one attached hydrogen (secondary N) is 1. The number of carbonyl (C=O) groups excluding carboxylic acids is 1. The van der Waals surface area contributed by atoms with Crippen molar-refractivity contribution >= 4 is 5.97 Å². The molecular formula is C10H12N2O2. The van der Waals surface area contributed by atoms with Gasteiger partial charge in [-0.2, -0.15) is 0 Å². The second kappa shape index (κ2) is 3.75. The lowest BCUT2D eigenvalue weighted by atomic mass is 9.94. The van der Waals surface area contributed by atoms with Crippen molar-refractivity contribution < 1.29 is 9.53 Å². The summed E-state index contributed by atoms with van der Waals surface area (Å²) >= 11 is 0. The zero-order valence-corrected chi connectivity index (χ0v) is 7.99. The third-order valence-corrected chi connectivity index (χ3v) is 2.43. The first kappa shape index (κ1) is 9.15. The predicted octanol–water partition coefficient (Wildman–Crippen LogP) is 0.555. The van der Waals surface area contributed by atoms with Crippen LogP contribution in [-0.2, 0) is 4.74 Å². The minimum absolute atomic E-state index is 0.376. The Morgan fingerprint density at radius 2 is 2.43 bits per heavy atom. The molecule has 0 radical (unpaired) electrons. The minimum Gasteiger partial charge on any atom is -0.464 e. The van der Waals surface area contributed by atoms with E-state index >= 15 is 0 Å². The molecule has 0 atom stereocenters. The molecular weight excluding hydrogens is 180 g/mol. The van der Waals surface area contributed by atoms with Gasteiger partial charge in [-0.3, -0.25) is 0 Å². The van der Waals surface area contributed by atoms with Crippen molar-refractivity contribution in [3.05, 3.63) is 29.6 Å². The molecule has 0 spiro atoms. The van der Waals surface area contributed by atoms with Gasteiger partial charge in [0.2, 0.25) is 0 Å². The molecule has 0 aromatic carbocycles. The van der Waals surface area contributed by atoms with Gasteiger partial charge in [0.25, 0.3) is 0 Å². The topological polar surface area (TPSA) is 51.2 Å². The third kappa shape index (κ3) is 1.61. The summed E-state index contributed by atoms with van der Waals surface area (Å²) in [7, 11) is 1.36. The van der Waals surface area contributed by atoms with Crippen molar-refractivity contribution in [2.24, 2.45) is 0 Å². The van der Waals surface area contributed by atoms with E-state index in [0.29, 0.717) is 11.6 Å². The maximum atomic E-state index is 11.2. The monoisotopic (exact) mass is 192 g/mol. The van der Waals surface area contributed by atoms with Crippen LogP contribution in [0.4, 0.5) is 0 Å². The average Bonchev–Trinajstić information content (AvgIpc) is 2.14. The summed E-state index contributed by atoms with van der Waals surface area (Å²) in [4.78, 5) is 15.2. The van der Waals surface area contributed by atoms with Gasteiger partial charge in [-0.05, 0) is 17.7 Å². The Morgan fingerprint density at radius 3 is 3.00 bits per heavy atom. The lowest BCUT2D eigenvalue weighted by Crippen LogP contribution is -2.39. The molecule has 1 aliphatic rings. The van der Waals surface area contributed by atoms with E-state index in [1.165, 1.54) is 7.11 Å². The smallest absolute Gasteiger partial charge is 0.356 e. The van der Waals surface area contributed by atoms with E-state index in [2.05, 4.69) is 15.0 Å². The lowest BCUT2D eigenvalue weighted by molar-refractivity contribution is 0.0594. The number of ether oxygens (including phenoxy) is 1. The highest BCUT2D eigenvalue weighted by atomic mass is 16.5. The molecule has 0 unspecified atom stereocenters. The Kier molecular flexibility index (Phi) is 2.45. The standard InChI is InChI=1S/C10H12N2O2/c1-14-10(13)9-4-7(2-3-12-9)8-5-11-6-8/h2-4,8,11H,5-6H2,1H3. The Labute approximate surface area is 82.3 Å². The summed E-state index contributed by atoms with van der Waals surface area (Å²) in [5.41, 5.74) is 1.54. The van der Waals surface area contributed by atoms with E-state index in [9.17, 15) is 4.79 Å². The average molecular weight is 192 g/mol. The Bertz CT molecular complexity index is 348. The fourth-order valence-corrected chi connectivity index (χ4v) is 1.44. The highest BCUT2D eigenvalue weighted by molar-refractivity contribution is 5.87. The fraction of sp³-hybridized carbons (Fsp3) is 0.400. The van der Waals surface area contributed by atoms with Crippen molar-refractivity contribution in [2.75, 3.05) is 20.2 Å². The molecule has 4 heteroatoms. The molecule has 1 aromatic rings. The van der Waals surface area contributed by atoms with Crippen LogP contribution < -0.4 is 5.32 Å². The molecule has 1 saturated heterocycles. The number of hydrogen-bond donors (Lipinski definition) is 1. The van der Waals surface area contributed by atoms with Crippen molar-refractivity contribution in [1.82, 2.24) is 10.3 Å². The largest absolute Gasteiger partial charge is 0.464 e. The summed E-state index contributed by atoms with van der Waals surface area (Å²) in [6.07, 6.45) is 1.65. The van der Waals surface area contributed by atoms with Crippen LogP contribution in [0.1, 0.15) is 22.0 Å². The van der Waals surface area contributed by atoms with Crippen LogP contribution in [-0.4, -0.2) is 31.2 Å². The van der Waals surface area contributed by atoms with Crippen LogP contribution >= 0.6 is 0 Å². The number of carbonyl (C=O) groups is 1. The molecule has 0 amide bonds. The SMILES string of the molecule is COC(=O)c1cc(C2CNC2)ccn1. The first-order valence-electron chi connectivity index (χ1n) is 4.56. The fourth-order valence-electron chi connectivity index (χ4n) is 1.44. The molecule has 1 aliphatic heterocycles. The van der Waals surface area contributed by atoms with Gasteiger partial charge in [0, 0.05) is 25.2 Å². The molecule has 4 nitrogen and oxygen atoms in total. The van der Waals surface area contributed by atoms with E-state index in [-0.39, 0.29) is 5.97 Å². The molecule has 1 aromatic heterocycles. The van der Waals surface area contributed by atoms with Crippen molar-refractivity contribution in [3.8, 4) is 0 Å². The van der Waals surface area contributed by atoms with Crippen LogP contribution in [0.3, 0.4) is 0 Å². The van der Waals surface area contributed by atoms with Crippen LogP contribution in [0.15, 0.2) is 18.3 Å². The summed E-state index contributed by atoms with van der Waals surface area (Å²) in [5.74, 6) is 0.139. The quantitative estimate of drug-likeness (QED) is 0.695. The van der Waals surface area contributed by atoms with Gasteiger partial charge in [0.1, 0.15) is 5.69 Å². The van der Waals surface area contributed by atoms with E-state index in [1.54, 1.807) is 12.3 Å². The van der Waals surface area contributed by atoms with Gasteiger partial charge in [0.15, 0.2) is 0 Å². The molecule has 1 fully saturated rings. The maximum Gasteiger partial charge on any atom is 0.356 e. The Morgan fingerprint density at radius 1 is 1.64 bits per heavy atom. The van der Waals surface area contributed by atoms with E-state index in [0.717, 1.165) is 18.7 Å². The molecule has 14 heavy (non-hydrogen) atoms. The molecule has 0 saturated carbocycles. The maximum absolute atomic E-state index is 11.2. The molecule has 0 aliphatic carbocycles. The van der Waals surface area contributed by atoms with Crippen LogP contribution in [0, 0.1) is 0 Å². The first-order chi connectivity index (χ1) is 6.81. The number of esters is 1. The number of methoxy groups -OCH3 is 1. The zero-order valence-electron chi connectivity index (χ0n) is 7.99. The summed E-state index contributed by atoms with van der Waals surface area (Å²) < 4.78 is 4.61. The Hall–Kier alpha value is -1.42. The van der Waals surface area contributed by atoms with Crippen molar-refractivity contribution in [2.45, 2.75) is 5.92 Å². The van der Waals surface area contributed by atoms with E-state index < -0.39 is 0 Å². The predicted molar refractivity (Wildman–Crippen MR) is 51.2 cm³/mol. The molecule has 2 rings (SSSR count). The normalized spacial score (nSPS) is 16.1. The second-order valence-electron chi connectivity index (χ2n) is 3.32. The summed E-state index contributed by atoms with van der Waals surface area (Å²) in [6, 6.07) is 3.75. The lowest BCUT2D eigenvalue weighted by Gasteiger charge is -2.27. The molecule has 2 heterocycles. The number of hydrogen-bond acceptors (Lipinski definition) is 4. The molecule has 74 valence electrons. The van der Waals surface area contributed by atoms with Crippen molar-refractivity contribution in [3.63, 3.8) is 0 Å². The zero-order chi connectivity index (χ0) is 9.97. The molecule has 0 bridgehead atoms.